The van der Waals surface area contributed by atoms with Crippen molar-refractivity contribution in [2.45, 2.75) is 50.2 Å². The van der Waals surface area contributed by atoms with Gasteiger partial charge in [0.05, 0.1) is 5.56 Å². The highest BCUT2D eigenvalue weighted by Crippen LogP contribution is 2.30. The van der Waals surface area contributed by atoms with Gasteiger partial charge in [0.1, 0.15) is 23.8 Å². The zero-order chi connectivity index (χ0) is 19.4. The van der Waals surface area contributed by atoms with Gasteiger partial charge in [-0.25, -0.2) is 4.39 Å². The minimum atomic E-state index is -4.38. The maximum absolute atomic E-state index is 13.3. The van der Waals surface area contributed by atoms with Gasteiger partial charge >= 0.3 is 6.18 Å². The van der Waals surface area contributed by atoms with E-state index in [0.717, 1.165) is 18.6 Å². The molecule has 0 aliphatic heterocycles. The highest BCUT2D eigenvalue weighted by Gasteiger charge is 2.33. The lowest BCUT2D eigenvalue weighted by Gasteiger charge is -2.35. The molecule has 146 valence electrons. The number of aliphatic hydroxyl groups excluding tert-OH is 1. The summed E-state index contributed by atoms with van der Waals surface area (Å²) in [4.78, 5) is 0. The molecule has 3 nitrogen and oxygen atoms in total. The van der Waals surface area contributed by atoms with Gasteiger partial charge in [0.15, 0.2) is 0 Å². The standard InChI is InChI=1S/C20H21F4NO2/c21-15-6-2-7-16(11-15)27-18-9-3-8-17(19(18)26)25-12-13-4-1-5-14(10-13)20(22,23)24/h1-2,4-7,10-11,17-19,25-26H,3,8-9,12H2/t17-,18+,19+/m0/s1. The van der Waals surface area contributed by atoms with Gasteiger partial charge < -0.3 is 15.2 Å². The maximum Gasteiger partial charge on any atom is 0.416 e. The lowest BCUT2D eigenvalue weighted by atomic mass is 9.89. The minimum Gasteiger partial charge on any atom is -0.488 e. The summed E-state index contributed by atoms with van der Waals surface area (Å²) in [6.07, 6.45) is -3.63. The molecule has 27 heavy (non-hydrogen) atoms. The Balaban J connectivity index is 1.60. The fourth-order valence-electron chi connectivity index (χ4n) is 3.31. The smallest absolute Gasteiger partial charge is 0.416 e. The van der Waals surface area contributed by atoms with Gasteiger partial charge in [0.2, 0.25) is 0 Å². The monoisotopic (exact) mass is 383 g/mol. The minimum absolute atomic E-state index is 0.207. The predicted molar refractivity (Wildman–Crippen MR) is 92.7 cm³/mol. The number of hydrogen-bond acceptors (Lipinski definition) is 3. The van der Waals surface area contributed by atoms with E-state index in [1.807, 2.05) is 0 Å². The van der Waals surface area contributed by atoms with Crippen LogP contribution in [0.2, 0.25) is 0 Å². The number of benzene rings is 2. The Morgan fingerprint density at radius 2 is 1.85 bits per heavy atom. The molecular weight excluding hydrogens is 362 g/mol. The maximum atomic E-state index is 13.3. The van der Waals surface area contributed by atoms with Crippen LogP contribution in [0.3, 0.4) is 0 Å². The van der Waals surface area contributed by atoms with Crippen LogP contribution in [-0.2, 0) is 12.7 Å². The SMILES string of the molecule is O[C@@H]1[C@@H](NCc2cccc(C(F)(F)F)c2)CCC[C@H]1Oc1cccc(F)c1. The van der Waals surface area contributed by atoms with Gasteiger partial charge in [0, 0.05) is 18.7 Å². The summed E-state index contributed by atoms with van der Waals surface area (Å²) < 4.78 is 57.4. The number of halogens is 4. The van der Waals surface area contributed by atoms with Gasteiger partial charge in [-0.15, -0.1) is 0 Å². The normalized spacial score (nSPS) is 23.2. The lowest BCUT2D eigenvalue weighted by molar-refractivity contribution is -0.137. The zero-order valence-corrected chi connectivity index (χ0v) is 14.5. The van der Waals surface area contributed by atoms with Crippen molar-refractivity contribution in [1.82, 2.24) is 5.32 Å². The fourth-order valence-corrected chi connectivity index (χ4v) is 3.31. The number of ether oxygens (including phenoxy) is 1. The van der Waals surface area contributed by atoms with E-state index in [2.05, 4.69) is 5.32 Å². The van der Waals surface area contributed by atoms with E-state index in [1.165, 1.54) is 24.3 Å². The zero-order valence-electron chi connectivity index (χ0n) is 14.5. The van der Waals surface area contributed by atoms with Crippen LogP contribution >= 0.6 is 0 Å². The molecule has 1 fully saturated rings. The number of alkyl halides is 3. The van der Waals surface area contributed by atoms with E-state index in [-0.39, 0.29) is 12.6 Å². The molecule has 3 rings (SSSR count). The molecule has 2 aromatic carbocycles. The molecule has 1 aliphatic rings. The molecule has 2 aromatic rings. The van der Waals surface area contributed by atoms with Crippen molar-refractivity contribution in [2.24, 2.45) is 0 Å². The van der Waals surface area contributed by atoms with Crippen LogP contribution < -0.4 is 10.1 Å². The molecule has 0 radical (unpaired) electrons. The summed E-state index contributed by atoms with van der Waals surface area (Å²) in [5.74, 6) is -0.0744. The predicted octanol–water partition coefficient (Wildman–Crippen LogP) is 4.30. The largest absolute Gasteiger partial charge is 0.488 e. The van der Waals surface area contributed by atoms with Gasteiger partial charge in [-0.3, -0.25) is 0 Å². The molecule has 0 saturated heterocycles. The van der Waals surface area contributed by atoms with Gasteiger partial charge in [-0.05, 0) is 43.0 Å². The van der Waals surface area contributed by atoms with E-state index in [0.29, 0.717) is 24.2 Å². The molecule has 0 spiro atoms. The van der Waals surface area contributed by atoms with Crippen LogP contribution in [0.1, 0.15) is 30.4 Å². The van der Waals surface area contributed by atoms with Crippen LogP contribution in [0.4, 0.5) is 17.6 Å². The summed E-state index contributed by atoms with van der Waals surface area (Å²) in [6, 6.07) is 10.5. The van der Waals surface area contributed by atoms with E-state index in [9.17, 15) is 22.7 Å². The van der Waals surface area contributed by atoms with Crippen molar-refractivity contribution in [2.75, 3.05) is 0 Å². The van der Waals surface area contributed by atoms with Crippen LogP contribution in [-0.4, -0.2) is 23.4 Å². The molecule has 0 heterocycles. The summed E-state index contributed by atoms with van der Waals surface area (Å²) in [6.45, 7) is 0.207. The quantitative estimate of drug-likeness (QED) is 0.757. The lowest BCUT2D eigenvalue weighted by Crippen LogP contribution is -2.50. The second kappa shape index (κ2) is 8.27. The Bertz CT molecular complexity index is 766. The molecule has 0 aromatic heterocycles. The average Bonchev–Trinajstić information content (AvgIpc) is 2.62. The molecule has 1 aliphatic carbocycles. The molecular formula is C20H21F4NO2. The second-order valence-electron chi connectivity index (χ2n) is 6.72. The van der Waals surface area contributed by atoms with Crippen LogP contribution in [0.25, 0.3) is 0 Å². The van der Waals surface area contributed by atoms with Crippen molar-refractivity contribution >= 4 is 0 Å². The van der Waals surface area contributed by atoms with Gasteiger partial charge in [-0.2, -0.15) is 13.2 Å². The number of aliphatic hydroxyl groups is 1. The Hall–Kier alpha value is -2.12. The molecule has 3 atom stereocenters. The summed E-state index contributed by atoms with van der Waals surface area (Å²) in [7, 11) is 0. The van der Waals surface area contributed by atoms with Gasteiger partial charge in [0.25, 0.3) is 0 Å². The first-order chi connectivity index (χ1) is 12.8. The van der Waals surface area contributed by atoms with E-state index in [4.69, 9.17) is 4.74 Å². The third kappa shape index (κ3) is 5.20. The topological polar surface area (TPSA) is 41.5 Å². The average molecular weight is 383 g/mol. The first-order valence-electron chi connectivity index (χ1n) is 8.83. The van der Waals surface area contributed by atoms with Gasteiger partial charge in [-0.1, -0.05) is 24.3 Å². The number of nitrogens with one attached hydrogen (secondary N) is 1. The Morgan fingerprint density at radius 1 is 1.07 bits per heavy atom. The number of hydrogen-bond donors (Lipinski definition) is 2. The van der Waals surface area contributed by atoms with Crippen molar-refractivity contribution < 1.29 is 27.4 Å². The molecule has 1 saturated carbocycles. The summed E-state index contributed by atoms with van der Waals surface area (Å²) in [5, 5.41) is 13.7. The Morgan fingerprint density at radius 3 is 2.59 bits per heavy atom. The van der Waals surface area contributed by atoms with E-state index in [1.54, 1.807) is 12.1 Å². The van der Waals surface area contributed by atoms with Crippen molar-refractivity contribution in [3.05, 3.63) is 65.5 Å². The molecule has 0 unspecified atom stereocenters. The summed E-state index contributed by atoms with van der Waals surface area (Å²) >= 11 is 0. The van der Waals surface area contributed by atoms with Crippen LogP contribution in [0, 0.1) is 5.82 Å². The molecule has 0 amide bonds. The highest BCUT2D eigenvalue weighted by atomic mass is 19.4. The highest BCUT2D eigenvalue weighted by molar-refractivity contribution is 5.26. The van der Waals surface area contributed by atoms with Crippen LogP contribution in [0.15, 0.2) is 48.5 Å². The van der Waals surface area contributed by atoms with Crippen molar-refractivity contribution in [3.8, 4) is 5.75 Å². The number of rotatable bonds is 5. The Labute approximate surface area is 155 Å². The molecule has 0 bridgehead atoms. The van der Waals surface area contributed by atoms with E-state index < -0.39 is 29.8 Å². The first-order valence-corrected chi connectivity index (χ1v) is 8.83. The fraction of sp³-hybridized carbons (Fsp3) is 0.400. The summed E-state index contributed by atoms with van der Waals surface area (Å²) in [5.41, 5.74) is -0.205. The third-order valence-corrected chi connectivity index (χ3v) is 4.70. The third-order valence-electron chi connectivity index (χ3n) is 4.70. The van der Waals surface area contributed by atoms with E-state index >= 15 is 0 Å². The van der Waals surface area contributed by atoms with Crippen molar-refractivity contribution in [3.63, 3.8) is 0 Å². The molecule has 2 N–H and O–H groups in total. The Kier molecular flexibility index (Phi) is 6.01. The van der Waals surface area contributed by atoms with Crippen LogP contribution in [0.5, 0.6) is 5.75 Å². The van der Waals surface area contributed by atoms with Crippen molar-refractivity contribution in [1.29, 1.82) is 0 Å². The first kappa shape index (κ1) is 19.6. The molecule has 7 heteroatoms. The second-order valence-corrected chi connectivity index (χ2v) is 6.72.